The van der Waals surface area contributed by atoms with Gasteiger partial charge in [-0.15, -0.1) is 0 Å². The van der Waals surface area contributed by atoms with Gasteiger partial charge < -0.3 is 20.9 Å². The fraction of sp³-hybridized carbons (Fsp3) is 0.929. The minimum Gasteiger partial charge on any atom is -0.389 e. The topological polar surface area (TPSA) is 79.9 Å². The molecule has 0 aromatic rings. The number of hydrogen-bond donors (Lipinski definition) is 3. The SMILES string of the molecule is CCCCCCNC(N)=NCC(O)COCC1CC1. The van der Waals surface area contributed by atoms with E-state index in [-0.39, 0.29) is 0 Å². The first-order valence-electron chi connectivity index (χ1n) is 7.52. The third-order valence-electron chi connectivity index (χ3n) is 3.17. The van der Waals surface area contributed by atoms with Crippen LogP contribution in [0.3, 0.4) is 0 Å². The van der Waals surface area contributed by atoms with Gasteiger partial charge in [-0.05, 0) is 25.2 Å². The number of hydrogen-bond acceptors (Lipinski definition) is 3. The normalized spacial score (nSPS) is 17.5. The maximum atomic E-state index is 9.66. The number of guanidine groups is 1. The molecule has 0 spiro atoms. The van der Waals surface area contributed by atoms with Gasteiger partial charge in [0.2, 0.25) is 0 Å². The van der Waals surface area contributed by atoms with Crippen molar-refractivity contribution < 1.29 is 9.84 Å². The Kier molecular flexibility index (Phi) is 8.58. The fourth-order valence-electron chi connectivity index (χ4n) is 1.74. The molecule has 0 aromatic carbocycles. The Labute approximate surface area is 116 Å². The van der Waals surface area contributed by atoms with E-state index in [2.05, 4.69) is 17.2 Å². The van der Waals surface area contributed by atoms with Crippen LogP contribution in [0.25, 0.3) is 0 Å². The van der Waals surface area contributed by atoms with Crippen LogP contribution in [0.5, 0.6) is 0 Å². The highest BCUT2D eigenvalue weighted by Gasteiger charge is 2.21. The lowest BCUT2D eigenvalue weighted by Crippen LogP contribution is -2.33. The Hall–Kier alpha value is -0.810. The highest BCUT2D eigenvalue weighted by molar-refractivity contribution is 5.77. The molecule has 112 valence electrons. The molecule has 0 saturated heterocycles. The van der Waals surface area contributed by atoms with Gasteiger partial charge in [0.25, 0.3) is 0 Å². The quantitative estimate of drug-likeness (QED) is 0.300. The molecular weight excluding hydrogens is 242 g/mol. The van der Waals surface area contributed by atoms with Gasteiger partial charge in [0.15, 0.2) is 5.96 Å². The van der Waals surface area contributed by atoms with Crippen molar-refractivity contribution in [2.24, 2.45) is 16.6 Å². The monoisotopic (exact) mass is 271 g/mol. The lowest BCUT2D eigenvalue weighted by molar-refractivity contribution is 0.0368. The van der Waals surface area contributed by atoms with Gasteiger partial charge >= 0.3 is 0 Å². The van der Waals surface area contributed by atoms with Crippen molar-refractivity contribution in [1.82, 2.24) is 5.32 Å². The predicted octanol–water partition coefficient (Wildman–Crippen LogP) is 1.26. The second-order valence-corrected chi connectivity index (χ2v) is 5.35. The molecule has 1 fully saturated rings. The third kappa shape index (κ3) is 9.73. The molecule has 1 saturated carbocycles. The number of unbranched alkanes of at least 4 members (excludes halogenated alkanes) is 3. The molecular formula is C14H29N3O2. The van der Waals surface area contributed by atoms with Crippen LogP contribution in [0.15, 0.2) is 4.99 Å². The molecule has 0 bridgehead atoms. The lowest BCUT2D eigenvalue weighted by atomic mass is 10.2. The van der Waals surface area contributed by atoms with Crippen LogP contribution in [0.4, 0.5) is 0 Å². The third-order valence-corrected chi connectivity index (χ3v) is 3.17. The Morgan fingerprint density at radius 2 is 2.21 bits per heavy atom. The first kappa shape index (κ1) is 16.2. The molecule has 1 aliphatic carbocycles. The summed E-state index contributed by atoms with van der Waals surface area (Å²) >= 11 is 0. The van der Waals surface area contributed by atoms with E-state index in [1.807, 2.05) is 0 Å². The highest BCUT2D eigenvalue weighted by Crippen LogP contribution is 2.28. The molecule has 1 atom stereocenters. The average Bonchev–Trinajstić information content (AvgIpc) is 3.20. The van der Waals surface area contributed by atoms with E-state index in [0.29, 0.717) is 19.1 Å². The molecule has 1 aliphatic rings. The van der Waals surface area contributed by atoms with Crippen molar-refractivity contribution in [3.05, 3.63) is 0 Å². The van der Waals surface area contributed by atoms with Gasteiger partial charge in [-0.3, -0.25) is 4.99 Å². The number of nitrogens with two attached hydrogens (primary N) is 1. The number of nitrogens with zero attached hydrogens (tertiary/aromatic N) is 1. The van der Waals surface area contributed by atoms with Gasteiger partial charge in [0.05, 0.1) is 19.3 Å². The maximum Gasteiger partial charge on any atom is 0.188 e. The zero-order chi connectivity index (χ0) is 13.9. The zero-order valence-corrected chi connectivity index (χ0v) is 12.1. The maximum absolute atomic E-state index is 9.66. The van der Waals surface area contributed by atoms with Crippen LogP contribution in [-0.2, 0) is 4.74 Å². The molecule has 19 heavy (non-hydrogen) atoms. The predicted molar refractivity (Wildman–Crippen MR) is 78.2 cm³/mol. The first-order valence-corrected chi connectivity index (χ1v) is 7.52. The van der Waals surface area contributed by atoms with E-state index in [9.17, 15) is 5.11 Å². The van der Waals surface area contributed by atoms with Crippen molar-refractivity contribution >= 4 is 5.96 Å². The molecule has 0 radical (unpaired) electrons. The van der Waals surface area contributed by atoms with E-state index in [0.717, 1.165) is 25.5 Å². The second kappa shape index (κ2) is 10.0. The lowest BCUT2D eigenvalue weighted by Gasteiger charge is -2.10. The van der Waals surface area contributed by atoms with E-state index < -0.39 is 6.10 Å². The molecule has 1 unspecified atom stereocenters. The molecule has 5 heteroatoms. The summed E-state index contributed by atoms with van der Waals surface area (Å²) in [5.74, 6) is 1.14. The molecule has 0 heterocycles. The molecule has 1 rings (SSSR count). The summed E-state index contributed by atoms with van der Waals surface area (Å²) in [6.07, 6.45) is 6.80. The average molecular weight is 271 g/mol. The largest absolute Gasteiger partial charge is 0.389 e. The molecule has 0 amide bonds. The number of aliphatic imine (C=N–C) groups is 1. The highest BCUT2D eigenvalue weighted by atomic mass is 16.5. The minimum atomic E-state index is -0.556. The van der Waals surface area contributed by atoms with E-state index >= 15 is 0 Å². The fourth-order valence-corrected chi connectivity index (χ4v) is 1.74. The summed E-state index contributed by atoms with van der Waals surface area (Å²) in [5, 5.41) is 12.7. The van der Waals surface area contributed by atoms with Gasteiger partial charge in [0, 0.05) is 13.2 Å². The van der Waals surface area contributed by atoms with Crippen molar-refractivity contribution in [3.63, 3.8) is 0 Å². The summed E-state index contributed by atoms with van der Waals surface area (Å²) in [4.78, 5) is 4.11. The van der Waals surface area contributed by atoms with Crippen LogP contribution in [0.2, 0.25) is 0 Å². The smallest absolute Gasteiger partial charge is 0.188 e. The summed E-state index contributed by atoms with van der Waals surface area (Å²) in [6.45, 7) is 4.47. The van der Waals surface area contributed by atoms with Gasteiger partial charge in [-0.25, -0.2) is 0 Å². The van der Waals surface area contributed by atoms with Crippen LogP contribution in [0, 0.1) is 5.92 Å². The number of aliphatic hydroxyl groups excluding tert-OH is 1. The van der Waals surface area contributed by atoms with Crippen LogP contribution >= 0.6 is 0 Å². The second-order valence-electron chi connectivity index (χ2n) is 5.35. The van der Waals surface area contributed by atoms with Gasteiger partial charge in [-0.2, -0.15) is 0 Å². The van der Waals surface area contributed by atoms with Crippen molar-refractivity contribution in [1.29, 1.82) is 0 Å². The number of ether oxygens (including phenoxy) is 1. The van der Waals surface area contributed by atoms with Crippen molar-refractivity contribution in [3.8, 4) is 0 Å². The number of nitrogens with one attached hydrogen (secondary N) is 1. The molecule has 0 aromatic heterocycles. The summed E-state index contributed by atoms with van der Waals surface area (Å²) in [7, 11) is 0. The summed E-state index contributed by atoms with van der Waals surface area (Å²) in [5.41, 5.74) is 5.71. The Morgan fingerprint density at radius 3 is 2.89 bits per heavy atom. The van der Waals surface area contributed by atoms with Gasteiger partial charge in [-0.1, -0.05) is 26.2 Å². The van der Waals surface area contributed by atoms with Crippen molar-refractivity contribution in [2.45, 2.75) is 51.6 Å². The first-order chi connectivity index (χ1) is 9.22. The summed E-state index contributed by atoms with van der Waals surface area (Å²) in [6, 6.07) is 0. The van der Waals surface area contributed by atoms with E-state index in [4.69, 9.17) is 10.5 Å². The molecule has 4 N–H and O–H groups in total. The van der Waals surface area contributed by atoms with Gasteiger partial charge in [0.1, 0.15) is 0 Å². The summed E-state index contributed by atoms with van der Waals surface area (Å²) < 4.78 is 5.40. The minimum absolute atomic E-state index is 0.304. The number of rotatable bonds is 11. The Bertz CT molecular complexity index is 255. The zero-order valence-electron chi connectivity index (χ0n) is 12.1. The molecule has 5 nitrogen and oxygen atoms in total. The van der Waals surface area contributed by atoms with Crippen molar-refractivity contribution in [2.75, 3.05) is 26.3 Å². The molecule has 0 aliphatic heterocycles. The van der Waals surface area contributed by atoms with E-state index in [1.165, 1.54) is 32.1 Å². The Morgan fingerprint density at radius 1 is 1.42 bits per heavy atom. The number of aliphatic hydroxyl groups is 1. The standard InChI is InChI=1S/C14H29N3O2/c1-2-3-4-5-8-16-14(15)17-9-13(18)11-19-10-12-6-7-12/h12-13,18H,2-11H2,1H3,(H3,15,16,17). The van der Waals surface area contributed by atoms with Crippen LogP contribution in [0.1, 0.15) is 45.4 Å². The van der Waals surface area contributed by atoms with Crippen LogP contribution in [-0.4, -0.2) is 43.5 Å². The Balaban J connectivity index is 1.95. The van der Waals surface area contributed by atoms with E-state index in [1.54, 1.807) is 0 Å². The van der Waals surface area contributed by atoms with Crippen LogP contribution < -0.4 is 11.1 Å².